The summed E-state index contributed by atoms with van der Waals surface area (Å²) in [5.74, 6) is -0.446. The number of benzene rings is 1. The predicted octanol–water partition coefficient (Wildman–Crippen LogP) is 4.12. The molecule has 1 aromatic carbocycles. The number of esters is 1. The van der Waals surface area contributed by atoms with Crippen LogP contribution in [0.5, 0.6) is 0 Å². The van der Waals surface area contributed by atoms with Crippen LogP contribution in [-0.2, 0) is 11.2 Å². The normalized spacial score (nSPS) is 11.1. The molecule has 0 amide bonds. The van der Waals surface area contributed by atoms with Gasteiger partial charge in [-0.15, -0.1) is 0 Å². The van der Waals surface area contributed by atoms with Crippen molar-refractivity contribution in [2.75, 3.05) is 7.11 Å². The molecule has 0 unspecified atom stereocenters. The molecule has 0 aliphatic carbocycles. The first-order valence-corrected chi connectivity index (χ1v) is 11.2. The minimum atomic E-state index is -0.446. The van der Waals surface area contributed by atoms with E-state index in [2.05, 4.69) is 19.9 Å². The summed E-state index contributed by atoms with van der Waals surface area (Å²) in [6, 6.07) is 16.7. The molecular weight excluding hydrogens is 454 g/mol. The summed E-state index contributed by atoms with van der Waals surface area (Å²) < 4.78 is 6.35. The number of rotatable bonds is 6. The van der Waals surface area contributed by atoms with Crippen LogP contribution in [0.3, 0.4) is 0 Å². The van der Waals surface area contributed by atoms with Crippen molar-refractivity contribution in [2.45, 2.75) is 6.42 Å². The lowest BCUT2D eigenvalue weighted by molar-refractivity contribution is 0.0600. The van der Waals surface area contributed by atoms with Gasteiger partial charge >= 0.3 is 5.97 Å². The van der Waals surface area contributed by atoms with Crippen molar-refractivity contribution in [1.29, 1.82) is 0 Å². The van der Waals surface area contributed by atoms with Crippen LogP contribution in [0, 0.1) is 0 Å². The number of hydrogen-bond acceptors (Lipinski definition) is 7. The highest BCUT2D eigenvalue weighted by Gasteiger charge is 2.14. The SMILES string of the molecule is COC(=O)c1cncc(C=Cc2cccc(-n3c(=O)c(Cc4cccnc4)nc4cccnc43)c2)c1. The molecule has 8 heteroatoms. The van der Waals surface area contributed by atoms with Gasteiger partial charge in [-0.1, -0.05) is 30.4 Å². The minimum Gasteiger partial charge on any atom is -0.465 e. The average molecular weight is 476 g/mol. The lowest BCUT2D eigenvalue weighted by atomic mass is 10.1. The molecular formula is C28H21N5O3. The third-order valence-corrected chi connectivity index (χ3v) is 5.55. The standard InChI is InChI=1S/C28H21N5O3/c1-36-28(35)22-13-21(17-30-18-22)10-9-19-5-2-7-23(14-19)33-26-24(8-4-12-31-26)32-25(27(33)34)15-20-6-3-11-29-16-20/h2-14,16-18H,15H2,1H3. The van der Waals surface area contributed by atoms with E-state index in [1.807, 2.05) is 54.6 Å². The Morgan fingerprint density at radius 2 is 1.81 bits per heavy atom. The van der Waals surface area contributed by atoms with E-state index in [4.69, 9.17) is 4.74 Å². The van der Waals surface area contributed by atoms with Crippen LogP contribution in [0.2, 0.25) is 0 Å². The fourth-order valence-electron chi connectivity index (χ4n) is 3.86. The zero-order valence-electron chi connectivity index (χ0n) is 19.4. The molecule has 5 rings (SSSR count). The fourth-order valence-corrected chi connectivity index (χ4v) is 3.86. The largest absolute Gasteiger partial charge is 0.465 e. The maximum Gasteiger partial charge on any atom is 0.339 e. The van der Waals surface area contributed by atoms with E-state index in [1.165, 1.54) is 13.3 Å². The molecule has 36 heavy (non-hydrogen) atoms. The van der Waals surface area contributed by atoms with E-state index < -0.39 is 5.97 Å². The Kier molecular flexibility index (Phi) is 6.40. The monoisotopic (exact) mass is 475 g/mol. The quantitative estimate of drug-likeness (QED) is 0.341. The van der Waals surface area contributed by atoms with Crippen molar-refractivity contribution < 1.29 is 9.53 Å². The van der Waals surface area contributed by atoms with Gasteiger partial charge in [-0.25, -0.2) is 14.8 Å². The van der Waals surface area contributed by atoms with E-state index >= 15 is 0 Å². The molecule has 0 saturated heterocycles. The zero-order chi connectivity index (χ0) is 24.9. The number of fused-ring (bicyclic) bond motifs is 1. The van der Waals surface area contributed by atoms with Gasteiger partial charge in [-0.3, -0.25) is 19.3 Å². The Hall–Kier alpha value is -4.98. The van der Waals surface area contributed by atoms with Crippen molar-refractivity contribution in [3.8, 4) is 5.69 Å². The molecule has 8 nitrogen and oxygen atoms in total. The van der Waals surface area contributed by atoms with E-state index in [1.54, 1.807) is 41.5 Å². The molecule has 0 atom stereocenters. The number of nitrogens with zero attached hydrogens (tertiary/aromatic N) is 5. The molecule has 0 fully saturated rings. The zero-order valence-corrected chi connectivity index (χ0v) is 19.4. The summed E-state index contributed by atoms with van der Waals surface area (Å²) in [6.07, 6.45) is 12.3. The van der Waals surface area contributed by atoms with Gasteiger partial charge in [0.1, 0.15) is 11.2 Å². The van der Waals surface area contributed by atoms with Crippen LogP contribution in [0.15, 0.2) is 90.4 Å². The van der Waals surface area contributed by atoms with Crippen molar-refractivity contribution in [2.24, 2.45) is 0 Å². The van der Waals surface area contributed by atoms with E-state index in [-0.39, 0.29) is 5.56 Å². The van der Waals surface area contributed by atoms with Crippen molar-refractivity contribution in [3.63, 3.8) is 0 Å². The Morgan fingerprint density at radius 1 is 0.944 bits per heavy atom. The van der Waals surface area contributed by atoms with Gasteiger partial charge in [0.15, 0.2) is 5.65 Å². The summed E-state index contributed by atoms with van der Waals surface area (Å²) in [5, 5.41) is 0. The average Bonchev–Trinajstić information content (AvgIpc) is 2.93. The Morgan fingerprint density at radius 3 is 2.64 bits per heavy atom. The van der Waals surface area contributed by atoms with E-state index in [0.29, 0.717) is 34.5 Å². The number of carbonyl (C=O) groups excluding carboxylic acids is 1. The summed E-state index contributed by atoms with van der Waals surface area (Å²) in [6.45, 7) is 0. The van der Waals surface area contributed by atoms with Crippen LogP contribution < -0.4 is 5.56 Å². The molecule has 0 aliphatic heterocycles. The van der Waals surface area contributed by atoms with E-state index in [9.17, 15) is 9.59 Å². The second kappa shape index (κ2) is 10.1. The number of ether oxygens (including phenoxy) is 1. The lowest BCUT2D eigenvalue weighted by Crippen LogP contribution is -2.25. The van der Waals surface area contributed by atoms with Crippen molar-refractivity contribution in [3.05, 3.63) is 124 Å². The first-order chi connectivity index (χ1) is 17.6. The van der Waals surface area contributed by atoms with Crippen LogP contribution in [0.1, 0.15) is 32.7 Å². The Bertz CT molecular complexity index is 1640. The van der Waals surface area contributed by atoms with Crippen molar-refractivity contribution >= 4 is 29.3 Å². The van der Waals surface area contributed by atoms with Gasteiger partial charge in [0.2, 0.25) is 0 Å². The highest BCUT2D eigenvalue weighted by Crippen LogP contribution is 2.18. The highest BCUT2D eigenvalue weighted by atomic mass is 16.5. The van der Waals surface area contributed by atoms with Gasteiger partial charge in [0.25, 0.3) is 5.56 Å². The third kappa shape index (κ3) is 4.78. The van der Waals surface area contributed by atoms with Gasteiger partial charge in [-0.2, -0.15) is 0 Å². The maximum absolute atomic E-state index is 13.6. The number of hydrogen-bond donors (Lipinski definition) is 0. The minimum absolute atomic E-state index is 0.235. The first kappa shape index (κ1) is 22.8. The molecule has 0 saturated carbocycles. The Balaban J connectivity index is 1.55. The lowest BCUT2D eigenvalue weighted by Gasteiger charge is -2.12. The van der Waals surface area contributed by atoms with Crippen LogP contribution in [-0.4, -0.2) is 37.6 Å². The molecule has 0 spiro atoms. The molecule has 176 valence electrons. The van der Waals surface area contributed by atoms with Crippen LogP contribution >= 0.6 is 0 Å². The molecule has 0 radical (unpaired) electrons. The first-order valence-electron chi connectivity index (χ1n) is 11.2. The fraction of sp³-hybridized carbons (Fsp3) is 0.0714. The topological polar surface area (TPSA) is 99.9 Å². The van der Waals surface area contributed by atoms with Gasteiger partial charge < -0.3 is 4.74 Å². The number of carbonyl (C=O) groups is 1. The summed E-state index contributed by atoms with van der Waals surface area (Å²) in [5.41, 5.74) is 4.83. The highest BCUT2D eigenvalue weighted by molar-refractivity contribution is 5.90. The van der Waals surface area contributed by atoms with Crippen LogP contribution in [0.4, 0.5) is 0 Å². The van der Waals surface area contributed by atoms with Crippen LogP contribution in [0.25, 0.3) is 29.0 Å². The smallest absolute Gasteiger partial charge is 0.339 e. The molecule has 0 bridgehead atoms. The number of methoxy groups -OCH3 is 1. The van der Waals surface area contributed by atoms with Gasteiger partial charge in [-0.05, 0) is 53.1 Å². The van der Waals surface area contributed by atoms with Gasteiger partial charge in [0.05, 0.1) is 18.4 Å². The molecule has 0 aliphatic rings. The van der Waals surface area contributed by atoms with Gasteiger partial charge in [0, 0.05) is 37.4 Å². The number of pyridine rings is 3. The molecule has 5 aromatic rings. The summed E-state index contributed by atoms with van der Waals surface area (Å²) in [4.78, 5) is 42.7. The second-order valence-electron chi connectivity index (χ2n) is 8.01. The number of aromatic nitrogens is 5. The van der Waals surface area contributed by atoms with E-state index in [0.717, 1.165) is 16.7 Å². The third-order valence-electron chi connectivity index (χ3n) is 5.55. The Labute approximate surface area is 206 Å². The molecule has 0 N–H and O–H groups in total. The second-order valence-corrected chi connectivity index (χ2v) is 8.01. The molecule has 4 aromatic heterocycles. The predicted molar refractivity (Wildman–Crippen MR) is 137 cm³/mol. The van der Waals surface area contributed by atoms with Crippen molar-refractivity contribution in [1.82, 2.24) is 24.5 Å². The maximum atomic E-state index is 13.6. The summed E-state index contributed by atoms with van der Waals surface area (Å²) >= 11 is 0. The summed E-state index contributed by atoms with van der Waals surface area (Å²) in [7, 11) is 1.33. The molecule has 4 heterocycles.